The maximum atomic E-state index is 14.0. The molecule has 2 fully saturated rings. The quantitative estimate of drug-likeness (QED) is 0.161. The second kappa shape index (κ2) is 10.7. The van der Waals surface area contributed by atoms with Crippen molar-refractivity contribution in [3.63, 3.8) is 0 Å². The van der Waals surface area contributed by atoms with Crippen molar-refractivity contribution in [1.29, 1.82) is 0 Å². The van der Waals surface area contributed by atoms with Crippen LogP contribution in [0, 0.1) is 17.5 Å². The Kier molecular flexibility index (Phi) is 7.79. The molecule has 2 aliphatic rings. The van der Waals surface area contributed by atoms with E-state index in [1.165, 1.54) is 0 Å². The number of pyridine rings is 1. The van der Waals surface area contributed by atoms with Crippen LogP contribution in [-0.4, -0.2) is 81.7 Å². The van der Waals surface area contributed by atoms with Crippen molar-refractivity contribution in [2.24, 2.45) is 0 Å². The minimum atomic E-state index is -4.99. The van der Waals surface area contributed by atoms with Crippen molar-refractivity contribution in [2.45, 2.75) is 59.3 Å². The molecule has 1 aliphatic carbocycles. The molecule has 3 heterocycles. The third-order valence-corrected chi connectivity index (χ3v) is 11.1. The standard InChI is InChI=1S/C25H24F8N4O4S/c26-13-4-11(5-14(27)18(13)28)15-6-37(36-35-15)20-16(39)8-42(17(7-38)21(20)40)22(23(41)9-24(29,30)10-23)19-12(25(31,32)33)2-1-3-34-19/h1-6,16-17,20-22,38-42H,7-10H2/t16-,17+,20-,21-,22-/m0/s1. The fourth-order valence-corrected chi connectivity index (χ4v) is 9.45. The maximum Gasteiger partial charge on any atom is 0.418 e. The molecule has 3 aromatic rings. The molecular weight excluding hydrogens is 604 g/mol. The van der Waals surface area contributed by atoms with Crippen molar-refractivity contribution in [3.8, 4) is 11.3 Å². The molecule has 0 spiro atoms. The molecule has 2 aromatic heterocycles. The van der Waals surface area contributed by atoms with Crippen LogP contribution in [0.15, 0.2) is 36.7 Å². The number of nitrogens with zero attached hydrogens (tertiary/aromatic N) is 4. The molecule has 1 saturated heterocycles. The average Bonchev–Trinajstić information content (AvgIpc) is 3.35. The molecule has 6 atom stereocenters. The number of alkyl halides is 5. The third kappa shape index (κ3) is 5.36. The fraction of sp³-hybridized carbons (Fsp3) is 0.480. The van der Waals surface area contributed by atoms with E-state index in [1.54, 1.807) is 0 Å². The van der Waals surface area contributed by atoms with Crippen LogP contribution in [0.4, 0.5) is 35.1 Å². The van der Waals surface area contributed by atoms with Gasteiger partial charge in [0.05, 0.1) is 47.1 Å². The van der Waals surface area contributed by atoms with Gasteiger partial charge in [0.15, 0.2) is 17.5 Å². The van der Waals surface area contributed by atoms with Crippen LogP contribution < -0.4 is 0 Å². The number of thiol groups is 1. The Labute approximate surface area is 235 Å². The summed E-state index contributed by atoms with van der Waals surface area (Å²) in [5, 5.41) is 48.3. The monoisotopic (exact) mass is 628 g/mol. The van der Waals surface area contributed by atoms with Gasteiger partial charge in [0.25, 0.3) is 5.92 Å². The summed E-state index contributed by atoms with van der Waals surface area (Å²) in [5.41, 5.74) is -4.84. The van der Waals surface area contributed by atoms with Crippen molar-refractivity contribution >= 4 is 10.9 Å². The Morgan fingerprint density at radius 2 is 1.74 bits per heavy atom. The van der Waals surface area contributed by atoms with Gasteiger partial charge >= 0.3 is 6.18 Å². The molecule has 0 amide bonds. The van der Waals surface area contributed by atoms with Crippen LogP contribution in [0.1, 0.15) is 35.4 Å². The molecule has 1 aliphatic heterocycles. The molecule has 1 unspecified atom stereocenters. The van der Waals surface area contributed by atoms with Crippen LogP contribution in [0.2, 0.25) is 0 Å². The zero-order valence-corrected chi connectivity index (χ0v) is 22.1. The van der Waals surface area contributed by atoms with Gasteiger partial charge in [0, 0.05) is 35.6 Å². The minimum absolute atomic E-state index is 0.187. The van der Waals surface area contributed by atoms with E-state index in [0.717, 1.165) is 23.1 Å². The Balaban J connectivity index is 1.52. The number of hydrogen-bond donors (Lipinski definition) is 5. The second-order valence-electron chi connectivity index (χ2n) is 10.5. The summed E-state index contributed by atoms with van der Waals surface area (Å²) >= 11 is 0. The fourth-order valence-electron chi connectivity index (χ4n) is 5.84. The molecule has 4 N–H and O–H groups in total. The first-order valence-electron chi connectivity index (χ1n) is 12.5. The first kappa shape index (κ1) is 30.6. The van der Waals surface area contributed by atoms with Crippen LogP contribution >= 0.6 is 10.9 Å². The molecule has 8 nitrogen and oxygen atoms in total. The Morgan fingerprint density at radius 3 is 2.31 bits per heavy atom. The second-order valence-corrected chi connectivity index (χ2v) is 13.1. The summed E-state index contributed by atoms with van der Waals surface area (Å²) in [7, 11) is -2.27. The number of hydrogen-bond acceptors (Lipinski definition) is 7. The molecule has 0 bridgehead atoms. The van der Waals surface area contributed by atoms with E-state index >= 15 is 0 Å². The van der Waals surface area contributed by atoms with Crippen LogP contribution in [-0.2, 0) is 6.18 Å². The maximum absolute atomic E-state index is 14.0. The van der Waals surface area contributed by atoms with Crippen molar-refractivity contribution in [3.05, 3.63) is 65.4 Å². The largest absolute Gasteiger partial charge is 0.418 e. The van der Waals surface area contributed by atoms with E-state index in [4.69, 9.17) is 0 Å². The van der Waals surface area contributed by atoms with Crippen molar-refractivity contribution < 1.29 is 55.5 Å². The highest BCUT2D eigenvalue weighted by molar-refractivity contribution is 8.18. The van der Waals surface area contributed by atoms with Crippen LogP contribution in [0.25, 0.3) is 11.3 Å². The smallest absolute Gasteiger partial charge is 0.395 e. The van der Waals surface area contributed by atoms with Gasteiger partial charge in [0.1, 0.15) is 11.7 Å². The summed E-state index contributed by atoms with van der Waals surface area (Å²) in [4.78, 5) is 3.80. The van der Waals surface area contributed by atoms with Gasteiger partial charge in [0.2, 0.25) is 0 Å². The number of halogens is 8. The summed E-state index contributed by atoms with van der Waals surface area (Å²) in [6, 6.07) is 1.54. The van der Waals surface area contributed by atoms with E-state index in [9.17, 15) is 55.5 Å². The van der Waals surface area contributed by atoms with E-state index in [-0.39, 0.29) is 11.3 Å². The Bertz CT molecular complexity index is 1440. The molecule has 17 heteroatoms. The highest BCUT2D eigenvalue weighted by atomic mass is 32.2. The van der Waals surface area contributed by atoms with E-state index in [0.29, 0.717) is 18.2 Å². The van der Waals surface area contributed by atoms with Gasteiger partial charge in [-0.25, -0.2) is 37.5 Å². The highest BCUT2D eigenvalue weighted by Gasteiger charge is 2.63. The highest BCUT2D eigenvalue weighted by Crippen LogP contribution is 2.64. The lowest BCUT2D eigenvalue weighted by molar-refractivity contribution is -0.206. The first-order chi connectivity index (χ1) is 19.6. The zero-order chi connectivity index (χ0) is 30.8. The predicted octanol–water partition coefficient (Wildman–Crippen LogP) is 3.32. The molecule has 42 heavy (non-hydrogen) atoms. The van der Waals surface area contributed by atoms with Crippen molar-refractivity contribution in [1.82, 2.24) is 20.0 Å². The summed E-state index contributed by atoms with van der Waals surface area (Å²) in [5.74, 6) is -8.56. The van der Waals surface area contributed by atoms with Crippen LogP contribution in [0.3, 0.4) is 0 Å². The van der Waals surface area contributed by atoms with Gasteiger partial charge in [-0.2, -0.15) is 13.2 Å². The topological polar surface area (TPSA) is 125 Å². The Hall–Kier alpha value is -2.86. The molecule has 230 valence electrons. The lowest BCUT2D eigenvalue weighted by atomic mass is 9.73. The Morgan fingerprint density at radius 1 is 1.10 bits per heavy atom. The number of rotatable bonds is 6. The number of benzene rings is 1. The summed E-state index contributed by atoms with van der Waals surface area (Å²) in [6.45, 7) is -0.872. The van der Waals surface area contributed by atoms with Gasteiger partial charge in [-0.1, -0.05) is 5.21 Å². The molecule has 0 radical (unpaired) electrons. The van der Waals surface area contributed by atoms with Gasteiger partial charge < -0.3 is 20.4 Å². The number of aliphatic hydroxyl groups is 4. The SMILES string of the molecule is OC[C@@H]1[C@H](O)[C@@H](n2cc(-c3cc(F)c(F)c(F)c3)nn2)[C@@H](O)C[SH]1[C@@H](c1ncccc1C(F)(F)F)C1(O)CC(F)(F)C1. The van der Waals surface area contributed by atoms with Gasteiger partial charge in [-0.15, -0.1) is 5.10 Å². The summed E-state index contributed by atoms with van der Waals surface area (Å²) < 4.78 is 112. The molecule has 1 aromatic carbocycles. The first-order valence-corrected chi connectivity index (χ1v) is 14.1. The third-order valence-electron chi connectivity index (χ3n) is 7.62. The summed E-state index contributed by atoms with van der Waals surface area (Å²) in [6.07, 6.45) is -8.67. The number of aromatic nitrogens is 4. The molecule has 5 rings (SSSR count). The van der Waals surface area contributed by atoms with Crippen molar-refractivity contribution in [2.75, 3.05) is 12.4 Å². The lowest BCUT2D eigenvalue weighted by Crippen LogP contribution is -2.59. The minimum Gasteiger partial charge on any atom is -0.395 e. The van der Waals surface area contributed by atoms with Gasteiger partial charge in [-0.05, 0) is 24.3 Å². The zero-order valence-electron chi connectivity index (χ0n) is 21.2. The average molecular weight is 629 g/mol. The van der Waals surface area contributed by atoms with Gasteiger partial charge in [-0.3, -0.25) is 4.98 Å². The van der Waals surface area contributed by atoms with E-state index < -0.39 is 111 Å². The molecular formula is C25H24F8N4O4S. The normalized spacial score (nSPS) is 28.7. The van der Waals surface area contributed by atoms with E-state index in [2.05, 4.69) is 15.3 Å². The molecule has 1 saturated carbocycles. The van der Waals surface area contributed by atoms with Crippen LogP contribution in [0.5, 0.6) is 0 Å². The predicted molar refractivity (Wildman–Crippen MR) is 132 cm³/mol. The lowest BCUT2D eigenvalue weighted by Gasteiger charge is -2.56. The van der Waals surface area contributed by atoms with E-state index in [1.807, 2.05) is 0 Å². The number of aliphatic hydroxyl groups excluding tert-OH is 3.